The Balaban J connectivity index is 0.000000258. The number of amides is 3. The van der Waals surface area contributed by atoms with Gasteiger partial charge in [0.2, 0.25) is 27.1 Å². The summed E-state index contributed by atoms with van der Waals surface area (Å²) in [6.07, 6.45) is -12.5. The van der Waals surface area contributed by atoms with Crippen LogP contribution in [0.25, 0.3) is 0 Å². The molecule has 6 N–H and O–H groups in total. The van der Waals surface area contributed by atoms with Crippen molar-refractivity contribution >= 4 is 62.4 Å². The van der Waals surface area contributed by atoms with Crippen molar-refractivity contribution in [2.75, 3.05) is 26.9 Å². The molecule has 15 nitrogen and oxygen atoms in total. The van der Waals surface area contributed by atoms with Crippen molar-refractivity contribution in [2.24, 2.45) is 0 Å². The van der Waals surface area contributed by atoms with E-state index in [1.54, 1.807) is 0 Å². The summed E-state index contributed by atoms with van der Waals surface area (Å²) in [6.45, 7) is 5.94. The lowest BCUT2D eigenvalue weighted by atomic mass is 9.73. The van der Waals surface area contributed by atoms with Gasteiger partial charge in [0.1, 0.15) is 24.8 Å². The second kappa shape index (κ2) is 19.0. The van der Waals surface area contributed by atoms with Crippen LogP contribution in [0.5, 0.6) is 0 Å². The minimum Gasteiger partial charge on any atom is -0.457 e. The number of halogens is 8. The van der Waals surface area contributed by atoms with Crippen molar-refractivity contribution in [3.63, 3.8) is 0 Å². The summed E-state index contributed by atoms with van der Waals surface area (Å²) in [7, 11) is -3.88. The van der Waals surface area contributed by atoms with E-state index in [4.69, 9.17) is 9.47 Å². The highest BCUT2D eigenvalue weighted by atomic mass is 32.2. The summed E-state index contributed by atoms with van der Waals surface area (Å²) in [5, 5.41) is 27.8. The van der Waals surface area contributed by atoms with Crippen LogP contribution in [0.15, 0.2) is 72.8 Å². The van der Waals surface area contributed by atoms with Gasteiger partial charge in [-0.2, -0.15) is 26.3 Å². The first kappa shape index (κ1) is 53.3. The van der Waals surface area contributed by atoms with Crippen molar-refractivity contribution in [3.05, 3.63) is 118 Å². The Hall–Kier alpha value is -6.66. The maximum atomic E-state index is 14.1. The third-order valence-corrected chi connectivity index (χ3v) is 11.6. The Morgan fingerprint density at radius 3 is 1.35 bits per heavy atom. The smallest absolute Gasteiger partial charge is 0.426 e. The van der Waals surface area contributed by atoms with E-state index < -0.39 is 98.5 Å². The summed E-state index contributed by atoms with van der Waals surface area (Å²) in [5.74, 6) is -6.93. The number of esters is 2. The van der Waals surface area contributed by atoms with Gasteiger partial charge in [-0.1, -0.05) is 27.7 Å². The van der Waals surface area contributed by atoms with E-state index in [0.717, 1.165) is 36.6 Å². The molecular formula is C45H44F8N4O11S. The molecule has 2 heterocycles. The van der Waals surface area contributed by atoms with E-state index in [9.17, 15) is 77.7 Å². The van der Waals surface area contributed by atoms with E-state index in [2.05, 4.69) is 10.0 Å². The number of aliphatic hydroxyl groups is 2. The summed E-state index contributed by atoms with van der Waals surface area (Å²) in [5.41, 5.74) is -10.6. The van der Waals surface area contributed by atoms with Crippen LogP contribution >= 0.6 is 0 Å². The summed E-state index contributed by atoms with van der Waals surface area (Å²) in [6, 6.07) is 13.4. The predicted molar refractivity (Wildman–Crippen MR) is 231 cm³/mol. The Kier molecular flexibility index (Phi) is 14.7. The molecule has 0 radical (unpaired) electrons. The number of benzene rings is 4. The monoisotopic (exact) mass is 1000 g/mol. The van der Waals surface area contributed by atoms with Crippen molar-refractivity contribution < 1.29 is 87.2 Å². The summed E-state index contributed by atoms with van der Waals surface area (Å²) < 4.78 is 147. The van der Waals surface area contributed by atoms with Gasteiger partial charge < -0.3 is 35.6 Å². The standard InChI is InChI=1S/C23H22F4N2O5.C22H22F4N2O6S/c1-12(30)28-18-7-4-14(24)9-17(18)21(2,3)11-22(33,23(25,26)27)20(32)29-15-5-6-16-13(8-15)10-34-19(16)31;1-20(2,16-9-13(23)4-7-17(16)28-35(3,32)33)11-21(31,22(24,25)26)19(30)27-14-5-6-15-12(8-14)10-34-18(15)29/h4-9,33H,10-11H2,1-3H3,(H,28,30)(H,29,32);4-9,28,31H,10-11H2,1-3H3,(H,27,30). The molecule has 0 spiro atoms. The van der Waals surface area contributed by atoms with Crippen molar-refractivity contribution in [1.29, 1.82) is 0 Å². The maximum absolute atomic E-state index is 14.1. The van der Waals surface area contributed by atoms with Gasteiger partial charge >= 0.3 is 24.3 Å². The fourth-order valence-electron chi connectivity index (χ4n) is 7.72. The highest BCUT2D eigenvalue weighted by molar-refractivity contribution is 7.92. The Morgan fingerprint density at radius 1 is 0.609 bits per heavy atom. The molecule has 24 heteroatoms. The Morgan fingerprint density at radius 2 is 0.986 bits per heavy atom. The Labute approximate surface area is 388 Å². The largest absolute Gasteiger partial charge is 0.457 e. The molecular weight excluding hydrogens is 957 g/mol. The highest BCUT2D eigenvalue weighted by Gasteiger charge is 2.63. The molecule has 0 bridgehead atoms. The van der Waals surface area contributed by atoms with Gasteiger partial charge in [-0.05, 0) is 94.8 Å². The van der Waals surface area contributed by atoms with E-state index in [1.165, 1.54) is 77.1 Å². The third-order valence-electron chi connectivity index (χ3n) is 11.0. The fourth-order valence-corrected chi connectivity index (χ4v) is 8.30. The zero-order valence-corrected chi connectivity index (χ0v) is 38.1. The number of rotatable bonds is 13. The summed E-state index contributed by atoms with van der Waals surface area (Å²) in [4.78, 5) is 60.1. The number of carbonyl (C=O) groups excluding carboxylic acids is 5. The molecule has 0 saturated heterocycles. The van der Waals surface area contributed by atoms with Gasteiger partial charge in [0.25, 0.3) is 11.8 Å². The van der Waals surface area contributed by atoms with Crippen molar-refractivity contribution in [2.45, 2.75) is 95.1 Å². The van der Waals surface area contributed by atoms with Crippen LogP contribution in [0.3, 0.4) is 0 Å². The topological polar surface area (TPSA) is 227 Å². The number of carbonyl (C=O) groups is 5. The van der Waals surface area contributed by atoms with Crippen LogP contribution in [-0.2, 0) is 57.9 Å². The van der Waals surface area contributed by atoms with Gasteiger partial charge in [-0.15, -0.1) is 0 Å². The zero-order chi connectivity index (χ0) is 51.9. The van der Waals surface area contributed by atoms with Crippen LogP contribution in [0.4, 0.5) is 57.9 Å². The molecule has 4 aromatic carbocycles. The second-order valence-corrected chi connectivity index (χ2v) is 19.3. The van der Waals surface area contributed by atoms with Crippen LogP contribution < -0.4 is 20.7 Å². The first-order valence-corrected chi connectivity index (χ1v) is 22.1. The minimum absolute atomic E-state index is 0.0358. The van der Waals surface area contributed by atoms with E-state index in [0.29, 0.717) is 11.1 Å². The molecule has 2 aliphatic heterocycles. The molecule has 372 valence electrons. The molecule has 2 aliphatic rings. The molecule has 0 aromatic heterocycles. The van der Waals surface area contributed by atoms with Crippen LogP contribution in [0.1, 0.15) is 90.4 Å². The molecule has 0 saturated carbocycles. The lowest BCUT2D eigenvalue weighted by Gasteiger charge is -2.37. The normalized spacial score (nSPS) is 15.5. The average molecular weight is 1000 g/mol. The zero-order valence-electron chi connectivity index (χ0n) is 37.3. The molecule has 6 rings (SSSR count). The van der Waals surface area contributed by atoms with E-state index in [1.807, 2.05) is 10.6 Å². The maximum Gasteiger partial charge on any atom is 0.426 e. The minimum atomic E-state index is -5.46. The number of ether oxygens (including phenoxy) is 2. The third kappa shape index (κ3) is 12.0. The molecule has 4 aromatic rings. The Bertz CT molecular complexity index is 2840. The fraction of sp³-hybridized carbons (Fsp3) is 0.356. The number of cyclic esters (lactones) is 2. The first-order valence-electron chi connectivity index (χ1n) is 20.2. The number of anilines is 4. The van der Waals surface area contributed by atoms with Crippen molar-refractivity contribution in [1.82, 2.24) is 0 Å². The number of nitrogens with one attached hydrogen (secondary N) is 4. The van der Waals surface area contributed by atoms with Crippen molar-refractivity contribution in [3.8, 4) is 0 Å². The number of fused-ring (bicyclic) bond motifs is 2. The molecule has 0 aliphatic carbocycles. The van der Waals surface area contributed by atoms with E-state index >= 15 is 0 Å². The first-order chi connectivity index (χ1) is 31.6. The van der Waals surface area contributed by atoms with Crippen LogP contribution in [-0.4, -0.2) is 78.1 Å². The van der Waals surface area contributed by atoms with Crippen LogP contribution in [0, 0.1) is 11.6 Å². The molecule has 2 atom stereocenters. The number of alkyl halides is 6. The van der Waals surface area contributed by atoms with Gasteiger partial charge in [0.05, 0.1) is 23.1 Å². The average Bonchev–Trinajstić information content (AvgIpc) is 3.77. The second-order valence-electron chi connectivity index (χ2n) is 17.6. The molecule has 69 heavy (non-hydrogen) atoms. The predicted octanol–water partition coefficient (Wildman–Crippen LogP) is 7.52. The lowest BCUT2D eigenvalue weighted by molar-refractivity contribution is -0.255. The quantitative estimate of drug-likeness (QED) is 0.0567. The van der Waals surface area contributed by atoms with Gasteiger partial charge in [0.15, 0.2) is 0 Å². The van der Waals surface area contributed by atoms with Gasteiger partial charge in [0, 0.05) is 48.0 Å². The van der Waals surface area contributed by atoms with Crippen LogP contribution in [0.2, 0.25) is 0 Å². The van der Waals surface area contributed by atoms with E-state index in [-0.39, 0.29) is 58.2 Å². The van der Waals surface area contributed by atoms with Gasteiger partial charge in [-0.25, -0.2) is 26.8 Å². The van der Waals surface area contributed by atoms with Gasteiger partial charge in [-0.3, -0.25) is 19.1 Å². The highest BCUT2D eigenvalue weighted by Crippen LogP contribution is 2.46. The number of sulfonamides is 1. The lowest BCUT2D eigenvalue weighted by Crippen LogP contribution is -2.57. The summed E-state index contributed by atoms with van der Waals surface area (Å²) >= 11 is 0. The molecule has 3 amide bonds. The molecule has 0 fully saturated rings. The SMILES string of the molecule is CC(=O)Nc1ccc(F)cc1C(C)(C)CC(O)(C(=O)Nc1ccc2c(c1)COC2=O)C(F)(F)F.CC(C)(CC(O)(C(=O)Nc1ccc2c(c1)COC2=O)C(F)(F)F)c1cc(F)ccc1NS(C)(=O)=O. The number of hydrogen-bond donors (Lipinski definition) is 6. The molecule has 2 unspecified atom stereocenters. The number of hydrogen-bond acceptors (Lipinski definition) is 11.